The van der Waals surface area contributed by atoms with Gasteiger partial charge in [0.2, 0.25) is 10.0 Å². The van der Waals surface area contributed by atoms with Gasteiger partial charge in [-0.05, 0) is 6.07 Å². The molecule has 108 valence electrons. The predicted molar refractivity (Wildman–Crippen MR) is 71.6 cm³/mol. The molecule has 0 radical (unpaired) electrons. The smallest absolute Gasteiger partial charge is 0.240 e. The summed E-state index contributed by atoms with van der Waals surface area (Å²) >= 11 is 0. The molecule has 0 spiro atoms. The van der Waals surface area contributed by atoms with Crippen molar-refractivity contribution in [3.05, 3.63) is 18.3 Å². The molecule has 0 amide bonds. The maximum Gasteiger partial charge on any atom is 0.240 e. The minimum Gasteiger partial charge on any atom is -0.308 e. The Kier molecular flexibility index (Phi) is 5.23. The fourth-order valence-electron chi connectivity index (χ4n) is 1.22. The molecule has 0 saturated carbocycles. The van der Waals surface area contributed by atoms with Crippen LogP contribution < -0.4 is 16.0 Å². The van der Waals surface area contributed by atoms with Crippen molar-refractivity contribution in [2.45, 2.75) is 11.8 Å². The van der Waals surface area contributed by atoms with Gasteiger partial charge in [0.05, 0.1) is 10.6 Å². The number of rotatable bonds is 7. The van der Waals surface area contributed by atoms with E-state index in [0.717, 1.165) is 0 Å². The summed E-state index contributed by atoms with van der Waals surface area (Å²) in [6, 6.07) is 2.54. The molecule has 0 unspecified atom stereocenters. The second-order valence-corrected chi connectivity index (χ2v) is 7.89. The molecule has 0 aliphatic heterocycles. The summed E-state index contributed by atoms with van der Waals surface area (Å²) in [7, 11) is -6.98. The quantitative estimate of drug-likeness (QED) is 0.438. The molecule has 1 aromatic heterocycles. The Morgan fingerprint density at radius 3 is 2.58 bits per heavy atom. The Hall–Kier alpha value is -1.23. The van der Waals surface area contributed by atoms with Crippen LogP contribution in [0.15, 0.2) is 23.2 Å². The highest BCUT2D eigenvalue weighted by atomic mass is 32.2. The molecule has 0 fully saturated rings. The minimum atomic E-state index is -3.77. The second kappa shape index (κ2) is 6.28. The van der Waals surface area contributed by atoms with Crippen molar-refractivity contribution in [3.63, 3.8) is 0 Å². The third-order valence-electron chi connectivity index (χ3n) is 2.33. The van der Waals surface area contributed by atoms with E-state index in [-0.39, 0.29) is 28.8 Å². The van der Waals surface area contributed by atoms with Crippen LogP contribution in [0.4, 0.5) is 5.82 Å². The molecule has 0 saturated heterocycles. The minimum absolute atomic E-state index is 0.0226. The number of sulfonamides is 1. The first-order chi connectivity index (χ1) is 8.80. The first-order valence-electron chi connectivity index (χ1n) is 5.43. The van der Waals surface area contributed by atoms with Gasteiger partial charge in [0.15, 0.2) is 9.84 Å². The Morgan fingerprint density at radius 1 is 1.32 bits per heavy atom. The number of nitrogens with two attached hydrogens (primary N) is 1. The maximum absolute atomic E-state index is 11.9. The molecular weight excluding hydrogens is 292 g/mol. The third-order valence-corrected chi connectivity index (χ3v) is 5.50. The zero-order valence-corrected chi connectivity index (χ0v) is 12.0. The summed E-state index contributed by atoms with van der Waals surface area (Å²) in [5.74, 6) is 5.07. The van der Waals surface area contributed by atoms with Crippen LogP contribution in [-0.4, -0.2) is 39.9 Å². The monoisotopic (exact) mass is 308 g/mol. The molecule has 19 heavy (non-hydrogen) atoms. The first kappa shape index (κ1) is 15.8. The van der Waals surface area contributed by atoms with E-state index < -0.39 is 19.9 Å². The highest BCUT2D eigenvalue weighted by molar-refractivity contribution is 7.91. The third kappa shape index (κ3) is 4.74. The van der Waals surface area contributed by atoms with Crippen LogP contribution in [0, 0.1) is 0 Å². The molecule has 0 aliphatic rings. The van der Waals surface area contributed by atoms with Crippen LogP contribution in [0.1, 0.15) is 6.92 Å². The summed E-state index contributed by atoms with van der Waals surface area (Å²) in [6.45, 7) is 1.33. The van der Waals surface area contributed by atoms with Gasteiger partial charge in [0.25, 0.3) is 0 Å². The van der Waals surface area contributed by atoms with Gasteiger partial charge in [0, 0.05) is 24.6 Å². The van der Waals surface area contributed by atoms with Crippen molar-refractivity contribution in [2.75, 3.05) is 23.5 Å². The first-order valence-corrected chi connectivity index (χ1v) is 8.74. The van der Waals surface area contributed by atoms with Gasteiger partial charge in [0.1, 0.15) is 5.82 Å². The Bertz CT molecular complexity index is 627. The fourth-order valence-corrected chi connectivity index (χ4v) is 3.09. The van der Waals surface area contributed by atoms with E-state index in [1.165, 1.54) is 25.3 Å². The van der Waals surface area contributed by atoms with Crippen LogP contribution in [0.2, 0.25) is 0 Å². The molecule has 0 aliphatic carbocycles. The standard InChI is InChI=1S/C9H16N4O4S2/c1-2-18(14,15)6-5-12-19(16,17)8-3-4-11-9(7-8)13-10/h3-4,7,12H,2,5-6,10H2,1H3,(H,11,13). The molecule has 1 heterocycles. The largest absolute Gasteiger partial charge is 0.308 e. The predicted octanol–water partition coefficient (Wildman–Crippen LogP) is -0.920. The Morgan fingerprint density at radius 2 is 2.00 bits per heavy atom. The number of sulfone groups is 1. The summed E-state index contributed by atoms with van der Waals surface area (Å²) in [4.78, 5) is 3.74. The van der Waals surface area contributed by atoms with E-state index in [1.807, 2.05) is 0 Å². The molecule has 0 atom stereocenters. The lowest BCUT2D eigenvalue weighted by Crippen LogP contribution is -2.29. The lowest BCUT2D eigenvalue weighted by molar-refractivity contribution is 0.581. The van der Waals surface area contributed by atoms with Crippen molar-refractivity contribution in [1.29, 1.82) is 0 Å². The number of hydrazine groups is 1. The van der Waals surface area contributed by atoms with Gasteiger partial charge in [-0.1, -0.05) is 6.92 Å². The normalized spacial score (nSPS) is 12.3. The van der Waals surface area contributed by atoms with Gasteiger partial charge < -0.3 is 5.43 Å². The topological polar surface area (TPSA) is 131 Å². The molecule has 1 aromatic rings. The number of nitrogen functional groups attached to an aromatic ring is 1. The number of hydrogen-bond donors (Lipinski definition) is 3. The van der Waals surface area contributed by atoms with Crippen molar-refractivity contribution in [2.24, 2.45) is 5.84 Å². The molecular formula is C9H16N4O4S2. The molecule has 4 N–H and O–H groups in total. The zero-order chi connectivity index (χ0) is 14.5. The maximum atomic E-state index is 11.9. The number of hydrogen-bond acceptors (Lipinski definition) is 7. The van der Waals surface area contributed by atoms with Gasteiger partial charge in [-0.3, -0.25) is 0 Å². The van der Waals surface area contributed by atoms with Crippen molar-refractivity contribution in [3.8, 4) is 0 Å². The Balaban J connectivity index is 2.76. The zero-order valence-electron chi connectivity index (χ0n) is 10.3. The van der Waals surface area contributed by atoms with Crippen molar-refractivity contribution < 1.29 is 16.8 Å². The Labute approximate surface area is 112 Å². The van der Waals surface area contributed by atoms with E-state index in [2.05, 4.69) is 15.1 Å². The van der Waals surface area contributed by atoms with E-state index in [0.29, 0.717) is 0 Å². The van der Waals surface area contributed by atoms with Crippen LogP contribution >= 0.6 is 0 Å². The molecule has 1 rings (SSSR count). The molecule has 10 heteroatoms. The number of pyridine rings is 1. The lowest BCUT2D eigenvalue weighted by Gasteiger charge is -2.07. The van der Waals surface area contributed by atoms with E-state index in [9.17, 15) is 16.8 Å². The summed E-state index contributed by atoms with van der Waals surface area (Å²) in [5, 5.41) is 0. The lowest BCUT2D eigenvalue weighted by atomic mass is 10.5. The summed E-state index contributed by atoms with van der Waals surface area (Å²) in [6.07, 6.45) is 1.28. The highest BCUT2D eigenvalue weighted by Gasteiger charge is 2.16. The highest BCUT2D eigenvalue weighted by Crippen LogP contribution is 2.11. The van der Waals surface area contributed by atoms with E-state index in [1.54, 1.807) is 0 Å². The van der Waals surface area contributed by atoms with Crippen LogP contribution in [-0.2, 0) is 19.9 Å². The second-order valence-electron chi connectivity index (χ2n) is 3.66. The van der Waals surface area contributed by atoms with Gasteiger partial charge in [-0.15, -0.1) is 0 Å². The number of anilines is 1. The van der Waals surface area contributed by atoms with E-state index >= 15 is 0 Å². The number of nitrogens with zero attached hydrogens (tertiary/aromatic N) is 1. The van der Waals surface area contributed by atoms with Crippen LogP contribution in [0.3, 0.4) is 0 Å². The summed E-state index contributed by atoms with van der Waals surface area (Å²) in [5.41, 5.74) is 2.23. The number of aromatic nitrogens is 1. The average molecular weight is 308 g/mol. The summed E-state index contributed by atoms with van der Waals surface area (Å²) < 4.78 is 48.5. The molecule has 0 aromatic carbocycles. The average Bonchev–Trinajstić information content (AvgIpc) is 2.38. The van der Waals surface area contributed by atoms with Gasteiger partial charge >= 0.3 is 0 Å². The van der Waals surface area contributed by atoms with E-state index in [4.69, 9.17) is 5.84 Å². The van der Waals surface area contributed by atoms with Crippen LogP contribution in [0.25, 0.3) is 0 Å². The van der Waals surface area contributed by atoms with Crippen molar-refractivity contribution >= 4 is 25.7 Å². The van der Waals surface area contributed by atoms with Crippen molar-refractivity contribution in [1.82, 2.24) is 9.71 Å². The molecule has 0 bridgehead atoms. The number of nitrogens with one attached hydrogen (secondary N) is 2. The fraction of sp³-hybridized carbons (Fsp3) is 0.444. The van der Waals surface area contributed by atoms with Gasteiger partial charge in [-0.2, -0.15) is 0 Å². The molecule has 8 nitrogen and oxygen atoms in total. The van der Waals surface area contributed by atoms with Crippen LogP contribution in [0.5, 0.6) is 0 Å². The SMILES string of the molecule is CCS(=O)(=O)CCNS(=O)(=O)c1ccnc(NN)c1. The van der Waals surface area contributed by atoms with Gasteiger partial charge in [-0.25, -0.2) is 32.4 Å².